The first kappa shape index (κ1) is 28.2. The van der Waals surface area contributed by atoms with Crippen molar-refractivity contribution in [2.24, 2.45) is 0 Å². The topological polar surface area (TPSA) is 82.5 Å². The standard InChI is InChI=1S/C33H26F3N3O4/c34-33(35,36)43-25-14-11-21(12-15-25)24-13-17-27-28(19-24)37-32(38-30(40)23-9-5-2-6-10-23)39(31(27)41)20-26-16-18-29(42-26)22-7-3-1-4-8-22/h1-15,17,19,26,29H,16,18,20H2,(H,37,38,40). The van der Waals surface area contributed by atoms with E-state index in [-0.39, 0.29) is 36.0 Å². The van der Waals surface area contributed by atoms with Crippen molar-refractivity contribution < 1.29 is 27.4 Å². The van der Waals surface area contributed by atoms with Gasteiger partial charge in [-0.05, 0) is 65.9 Å². The lowest BCUT2D eigenvalue weighted by atomic mass is 10.0. The Morgan fingerprint density at radius 3 is 2.28 bits per heavy atom. The van der Waals surface area contributed by atoms with Crippen molar-refractivity contribution in [3.8, 4) is 16.9 Å². The molecule has 1 aromatic heterocycles. The van der Waals surface area contributed by atoms with Crippen LogP contribution in [0.1, 0.15) is 34.9 Å². The van der Waals surface area contributed by atoms with Crippen LogP contribution in [0.2, 0.25) is 0 Å². The third kappa shape index (κ3) is 6.44. The number of aromatic nitrogens is 2. The molecule has 0 aliphatic carbocycles. The average molecular weight is 586 g/mol. The van der Waals surface area contributed by atoms with Crippen LogP contribution in [0.4, 0.5) is 19.1 Å². The molecule has 4 aromatic carbocycles. The van der Waals surface area contributed by atoms with Gasteiger partial charge in [-0.3, -0.25) is 19.5 Å². The van der Waals surface area contributed by atoms with Gasteiger partial charge in [0.05, 0.1) is 29.7 Å². The predicted molar refractivity (Wildman–Crippen MR) is 156 cm³/mol. The highest BCUT2D eigenvalue weighted by atomic mass is 19.4. The molecule has 1 fully saturated rings. The number of benzene rings is 4. The molecule has 218 valence electrons. The molecule has 1 aliphatic heterocycles. The van der Waals surface area contributed by atoms with Crippen LogP contribution in [-0.2, 0) is 11.3 Å². The predicted octanol–water partition coefficient (Wildman–Crippen LogP) is 7.13. The summed E-state index contributed by atoms with van der Waals surface area (Å²) in [7, 11) is 0. The number of carbonyl (C=O) groups excluding carboxylic acids is 1. The van der Waals surface area contributed by atoms with Crippen LogP contribution in [0.5, 0.6) is 5.75 Å². The van der Waals surface area contributed by atoms with Gasteiger partial charge in [0.1, 0.15) is 5.75 Å². The first-order valence-electron chi connectivity index (χ1n) is 13.7. The van der Waals surface area contributed by atoms with Gasteiger partial charge in [-0.25, -0.2) is 4.98 Å². The van der Waals surface area contributed by atoms with Crippen molar-refractivity contribution in [1.29, 1.82) is 0 Å². The highest BCUT2D eigenvalue weighted by Gasteiger charge is 2.31. The SMILES string of the molecule is O=C(Nc1nc2cc(-c3ccc(OC(F)(F)F)cc3)ccc2c(=O)n1CC1CCC(c2ccccc2)O1)c1ccccc1. The minimum atomic E-state index is -4.79. The van der Waals surface area contributed by atoms with Crippen molar-refractivity contribution >= 4 is 22.8 Å². The summed E-state index contributed by atoms with van der Waals surface area (Å²) < 4.78 is 49.4. The minimum Gasteiger partial charge on any atom is -0.406 e. The van der Waals surface area contributed by atoms with Crippen molar-refractivity contribution in [3.05, 3.63) is 125 Å². The van der Waals surface area contributed by atoms with E-state index in [0.29, 0.717) is 27.6 Å². The molecule has 2 heterocycles. The van der Waals surface area contributed by atoms with Crippen LogP contribution < -0.4 is 15.6 Å². The number of alkyl halides is 3. The van der Waals surface area contributed by atoms with Gasteiger partial charge in [-0.1, -0.05) is 66.7 Å². The van der Waals surface area contributed by atoms with Crippen LogP contribution in [0, 0.1) is 0 Å². The minimum absolute atomic E-state index is 0.0733. The molecular weight excluding hydrogens is 559 g/mol. The van der Waals surface area contributed by atoms with Gasteiger partial charge in [0, 0.05) is 5.56 Å². The monoisotopic (exact) mass is 585 g/mol. The van der Waals surface area contributed by atoms with Gasteiger partial charge >= 0.3 is 6.36 Å². The summed E-state index contributed by atoms with van der Waals surface area (Å²) in [6.07, 6.45) is -3.63. The lowest BCUT2D eigenvalue weighted by Crippen LogP contribution is -2.31. The zero-order valence-corrected chi connectivity index (χ0v) is 22.8. The number of anilines is 1. The van der Waals surface area contributed by atoms with Gasteiger partial charge in [0.25, 0.3) is 11.5 Å². The lowest BCUT2D eigenvalue weighted by molar-refractivity contribution is -0.274. The molecule has 2 unspecified atom stereocenters. The van der Waals surface area contributed by atoms with E-state index < -0.39 is 12.3 Å². The van der Waals surface area contributed by atoms with Gasteiger partial charge in [-0.15, -0.1) is 13.2 Å². The van der Waals surface area contributed by atoms with Crippen LogP contribution in [0.15, 0.2) is 108 Å². The molecule has 2 atom stereocenters. The number of amides is 1. The van der Waals surface area contributed by atoms with E-state index in [4.69, 9.17) is 4.74 Å². The third-order valence-electron chi connectivity index (χ3n) is 7.30. The van der Waals surface area contributed by atoms with E-state index in [1.165, 1.54) is 28.8 Å². The number of nitrogens with one attached hydrogen (secondary N) is 1. The highest BCUT2D eigenvalue weighted by molar-refractivity contribution is 6.03. The van der Waals surface area contributed by atoms with Crippen molar-refractivity contribution in [3.63, 3.8) is 0 Å². The van der Waals surface area contributed by atoms with Crippen LogP contribution in [-0.4, -0.2) is 27.9 Å². The van der Waals surface area contributed by atoms with Crippen LogP contribution in [0.3, 0.4) is 0 Å². The number of hydrogen-bond acceptors (Lipinski definition) is 5. The summed E-state index contributed by atoms with van der Waals surface area (Å²) in [4.78, 5) is 31.6. The Kier molecular flexibility index (Phi) is 7.69. The first-order chi connectivity index (χ1) is 20.7. The fourth-order valence-electron chi connectivity index (χ4n) is 5.23. The second-order valence-electron chi connectivity index (χ2n) is 10.2. The summed E-state index contributed by atoms with van der Waals surface area (Å²) >= 11 is 0. The van der Waals surface area contributed by atoms with Crippen LogP contribution >= 0.6 is 0 Å². The quantitative estimate of drug-likeness (QED) is 0.220. The third-order valence-corrected chi connectivity index (χ3v) is 7.30. The summed E-state index contributed by atoms with van der Waals surface area (Å²) in [5, 5.41) is 3.13. The zero-order chi connectivity index (χ0) is 30.0. The molecular formula is C33H26F3N3O4. The van der Waals surface area contributed by atoms with Crippen LogP contribution in [0.25, 0.3) is 22.0 Å². The van der Waals surface area contributed by atoms with Gasteiger partial charge in [0.2, 0.25) is 5.95 Å². The molecule has 0 spiro atoms. The van der Waals surface area contributed by atoms with Crippen molar-refractivity contribution in [2.45, 2.75) is 38.0 Å². The second-order valence-corrected chi connectivity index (χ2v) is 10.2. The first-order valence-corrected chi connectivity index (χ1v) is 13.7. The smallest absolute Gasteiger partial charge is 0.406 e. The summed E-state index contributed by atoms with van der Waals surface area (Å²) in [5.41, 5.74) is 2.67. The molecule has 6 rings (SSSR count). The number of nitrogens with zero attached hydrogens (tertiary/aromatic N) is 2. The fourth-order valence-corrected chi connectivity index (χ4v) is 5.23. The summed E-state index contributed by atoms with van der Waals surface area (Å²) in [6.45, 7) is 0.192. The number of ether oxygens (including phenoxy) is 2. The molecule has 43 heavy (non-hydrogen) atoms. The number of fused-ring (bicyclic) bond motifs is 1. The molecule has 0 radical (unpaired) electrons. The number of halogens is 3. The maximum atomic E-state index is 13.8. The van der Waals surface area contributed by atoms with E-state index >= 15 is 0 Å². The Hall–Kier alpha value is -4.96. The van der Waals surface area contributed by atoms with Crippen molar-refractivity contribution in [1.82, 2.24) is 9.55 Å². The molecule has 1 amide bonds. The Morgan fingerprint density at radius 1 is 0.907 bits per heavy atom. The molecule has 1 N–H and O–H groups in total. The summed E-state index contributed by atoms with van der Waals surface area (Å²) in [5.74, 6) is -0.691. The Balaban J connectivity index is 1.34. The van der Waals surface area contributed by atoms with E-state index in [0.717, 1.165) is 18.4 Å². The number of hydrogen-bond donors (Lipinski definition) is 1. The Morgan fingerprint density at radius 2 is 1.58 bits per heavy atom. The van der Waals surface area contributed by atoms with Gasteiger partial charge in [-0.2, -0.15) is 0 Å². The second kappa shape index (κ2) is 11.7. The molecule has 7 nitrogen and oxygen atoms in total. The molecule has 0 bridgehead atoms. The zero-order valence-electron chi connectivity index (χ0n) is 22.8. The van der Waals surface area contributed by atoms with Gasteiger partial charge in [0.15, 0.2) is 0 Å². The maximum Gasteiger partial charge on any atom is 0.573 e. The lowest BCUT2D eigenvalue weighted by Gasteiger charge is -2.19. The van der Waals surface area contributed by atoms with E-state index in [9.17, 15) is 22.8 Å². The number of rotatable bonds is 7. The highest BCUT2D eigenvalue weighted by Crippen LogP contribution is 2.34. The number of carbonyl (C=O) groups is 1. The molecule has 1 saturated heterocycles. The Labute approximate surface area is 244 Å². The average Bonchev–Trinajstić information content (AvgIpc) is 3.48. The van der Waals surface area contributed by atoms with E-state index in [2.05, 4.69) is 15.0 Å². The normalized spacial score (nSPS) is 16.7. The van der Waals surface area contributed by atoms with E-state index in [1.54, 1.807) is 48.5 Å². The molecule has 1 aliphatic rings. The Bertz CT molecular complexity index is 1810. The van der Waals surface area contributed by atoms with Crippen molar-refractivity contribution in [2.75, 3.05) is 5.32 Å². The maximum absolute atomic E-state index is 13.8. The van der Waals surface area contributed by atoms with Gasteiger partial charge < -0.3 is 9.47 Å². The molecule has 10 heteroatoms. The fraction of sp³-hybridized carbons (Fsp3) is 0.182. The molecule has 0 saturated carbocycles. The summed E-state index contributed by atoms with van der Waals surface area (Å²) in [6, 6.07) is 28.9. The largest absolute Gasteiger partial charge is 0.573 e. The molecule has 5 aromatic rings. The van der Waals surface area contributed by atoms with E-state index in [1.807, 2.05) is 30.3 Å².